The van der Waals surface area contributed by atoms with Gasteiger partial charge in [-0.2, -0.15) is 4.98 Å². The Labute approximate surface area is 195 Å². The average Bonchev–Trinajstić information content (AvgIpc) is 3.31. The summed E-state index contributed by atoms with van der Waals surface area (Å²) < 4.78 is 8.98. The van der Waals surface area contributed by atoms with Crippen molar-refractivity contribution in [2.24, 2.45) is 5.16 Å². The number of aromatic nitrogens is 2. The van der Waals surface area contributed by atoms with Crippen LogP contribution in [-0.2, 0) is 15.1 Å². The summed E-state index contributed by atoms with van der Waals surface area (Å²) in [6.45, 7) is 1.97. The first-order valence-electron chi connectivity index (χ1n) is 10.4. The zero-order chi connectivity index (χ0) is 22.9. The molecule has 0 saturated heterocycles. The molecule has 166 valence electrons. The number of anilines is 1. The minimum absolute atomic E-state index is 0.0335. The standard InChI is InChI=1S/C25H22N4O3S/c1-2-31-22(30)18-26-32-23-27-24(33-29-23)28-25(19-12-6-3-7-13-19,20-14-8-4-9-15-20)21-16-10-5-11-17-21/h3-18H,2H2,1H3,(H,27,28,29). The van der Waals surface area contributed by atoms with Crippen LogP contribution in [0.15, 0.2) is 96.2 Å². The minimum Gasteiger partial charge on any atom is -0.462 e. The van der Waals surface area contributed by atoms with E-state index in [-0.39, 0.29) is 12.6 Å². The van der Waals surface area contributed by atoms with Crippen molar-refractivity contribution in [3.05, 3.63) is 108 Å². The van der Waals surface area contributed by atoms with Crippen molar-refractivity contribution in [2.75, 3.05) is 11.9 Å². The first-order valence-corrected chi connectivity index (χ1v) is 11.2. The number of benzene rings is 3. The van der Waals surface area contributed by atoms with Crippen molar-refractivity contribution in [3.63, 3.8) is 0 Å². The number of oxime groups is 1. The molecule has 7 nitrogen and oxygen atoms in total. The smallest absolute Gasteiger partial charge is 0.359 e. The molecule has 4 rings (SSSR count). The van der Waals surface area contributed by atoms with Crippen LogP contribution in [-0.4, -0.2) is 28.1 Å². The summed E-state index contributed by atoms with van der Waals surface area (Å²) in [5, 5.41) is 7.74. The number of carbonyl (C=O) groups excluding carboxylic acids is 1. The molecule has 0 amide bonds. The van der Waals surface area contributed by atoms with Gasteiger partial charge in [-0.15, -0.1) is 4.37 Å². The van der Waals surface area contributed by atoms with Crippen molar-refractivity contribution in [2.45, 2.75) is 12.5 Å². The highest BCUT2D eigenvalue weighted by Crippen LogP contribution is 2.40. The summed E-state index contributed by atoms with van der Waals surface area (Å²) in [4.78, 5) is 21.0. The largest absolute Gasteiger partial charge is 0.462 e. The molecule has 0 bridgehead atoms. The van der Waals surface area contributed by atoms with Crippen molar-refractivity contribution in [1.29, 1.82) is 0 Å². The quantitative estimate of drug-likeness (QED) is 0.167. The predicted octanol–water partition coefficient (Wildman–Crippen LogP) is 4.87. The van der Waals surface area contributed by atoms with E-state index in [1.165, 1.54) is 0 Å². The van der Waals surface area contributed by atoms with Gasteiger partial charge in [0.15, 0.2) is 6.21 Å². The van der Waals surface area contributed by atoms with Crippen molar-refractivity contribution < 1.29 is 14.4 Å². The molecule has 0 atom stereocenters. The van der Waals surface area contributed by atoms with Crippen LogP contribution in [0.2, 0.25) is 0 Å². The second-order valence-electron chi connectivity index (χ2n) is 6.93. The number of ether oxygens (including phenoxy) is 1. The van der Waals surface area contributed by atoms with E-state index in [0.717, 1.165) is 34.4 Å². The molecule has 0 spiro atoms. The van der Waals surface area contributed by atoms with Gasteiger partial charge >= 0.3 is 12.0 Å². The minimum atomic E-state index is -0.727. The molecule has 0 aliphatic carbocycles. The normalized spacial score (nSPS) is 11.3. The Morgan fingerprint density at radius 2 is 1.45 bits per heavy atom. The number of nitrogens with one attached hydrogen (secondary N) is 1. The fourth-order valence-corrected chi connectivity index (χ4v) is 4.09. The molecule has 0 unspecified atom stereocenters. The van der Waals surface area contributed by atoms with Gasteiger partial charge in [0.05, 0.1) is 6.61 Å². The average molecular weight is 459 g/mol. The molecule has 1 heterocycles. The first-order chi connectivity index (χ1) is 16.2. The lowest BCUT2D eigenvalue weighted by Gasteiger charge is -2.36. The first kappa shape index (κ1) is 22.2. The number of rotatable bonds is 9. The van der Waals surface area contributed by atoms with E-state index < -0.39 is 11.5 Å². The molecular weight excluding hydrogens is 436 g/mol. The Balaban J connectivity index is 1.73. The molecular formula is C25H22N4O3S. The molecule has 0 aliphatic heterocycles. The number of esters is 1. The van der Waals surface area contributed by atoms with Crippen LogP contribution in [0, 0.1) is 0 Å². The second-order valence-corrected chi connectivity index (χ2v) is 7.68. The SMILES string of the molecule is CCOC(=O)C=NOc1nsc(NC(c2ccccc2)(c2ccccc2)c2ccccc2)n1. The third kappa shape index (κ3) is 5.07. The Bertz CT molecular complexity index is 1100. The third-order valence-electron chi connectivity index (χ3n) is 4.90. The third-order valence-corrected chi connectivity index (χ3v) is 5.52. The van der Waals surface area contributed by atoms with Gasteiger partial charge in [0.25, 0.3) is 0 Å². The van der Waals surface area contributed by atoms with Crippen LogP contribution in [0.25, 0.3) is 0 Å². The van der Waals surface area contributed by atoms with E-state index in [9.17, 15) is 4.79 Å². The van der Waals surface area contributed by atoms with Gasteiger partial charge in [0.1, 0.15) is 5.54 Å². The maximum atomic E-state index is 11.4. The fraction of sp³-hybridized carbons (Fsp3) is 0.120. The topological polar surface area (TPSA) is 85.7 Å². The Morgan fingerprint density at radius 1 is 0.939 bits per heavy atom. The lowest BCUT2D eigenvalue weighted by molar-refractivity contribution is -0.134. The molecule has 8 heteroatoms. The van der Waals surface area contributed by atoms with Crippen molar-refractivity contribution >= 4 is 28.8 Å². The van der Waals surface area contributed by atoms with Crippen LogP contribution in [0.4, 0.5) is 5.13 Å². The molecule has 0 aliphatic rings. The summed E-state index contributed by atoms with van der Waals surface area (Å²) in [7, 11) is 0. The highest BCUT2D eigenvalue weighted by molar-refractivity contribution is 7.09. The summed E-state index contributed by atoms with van der Waals surface area (Å²) in [6, 6.07) is 30.5. The van der Waals surface area contributed by atoms with E-state index >= 15 is 0 Å². The van der Waals surface area contributed by atoms with Crippen LogP contribution in [0.1, 0.15) is 23.6 Å². The van der Waals surface area contributed by atoms with E-state index in [0.29, 0.717) is 5.13 Å². The van der Waals surface area contributed by atoms with Gasteiger partial charge < -0.3 is 14.9 Å². The van der Waals surface area contributed by atoms with Crippen LogP contribution >= 0.6 is 11.5 Å². The van der Waals surface area contributed by atoms with Crippen molar-refractivity contribution in [1.82, 2.24) is 9.36 Å². The van der Waals surface area contributed by atoms with E-state index in [1.807, 2.05) is 54.6 Å². The maximum Gasteiger partial charge on any atom is 0.359 e. The number of hydrogen-bond donors (Lipinski definition) is 1. The molecule has 4 aromatic rings. The number of carbonyl (C=O) groups is 1. The van der Waals surface area contributed by atoms with Crippen LogP contribution in [0.3, 0.4) is 0 Å². The van der Waals surface area contributed by atoms with E-state index in [1.54, 1.807) is 6.92 Å². The lowest BCUT2D eigenvalue weighted by Crippen LogP contribution is -2.38. The molecule has 0 radical (unpaired) electrons. The number of nitrogens with zero attached hydrogens (tertiary/aromatic N) is 3. The van der Waals surface area contributed by atoms with Gasteiger partial charge in [-0.1, -0.05) is 96.2 Å². The monoisotopic (exact) mass is 458 g/mol. The van der Waals surface area contributed by atoms with Gasteiger partial charge in [-0.25, -0.2) is 4.79 Å². The number of hydrogen-bond acceptors (Lipinski definition) is 8. The van der Waals surface area contributed by atoms with Gasteiger partial charge in [-0.3, -0.25) is 0 Å². The van der Waals surface area contributed by atoms with Gasteiger partial charge in [0.2, 0.25) is 5.13 Å². The summed E-state index contributed by atoms with van der Waals surface area (Å²) in [6.07, 6.45) is 0.944. The highest BCUT2D eigenvalue weighted by atomic mass is 32.1. The zero-order valence-corrected chi connectivity index (χ0v) is 18.7. The molecule has 3 aromatic carbocycles. The predicted molar refractivity (Wildman–Crippen MR) is 128 cm³/mol. The van der Waals surface area contributed by atoms with Gasteiger partial charge in [0, 0.05) is 11.5 Å². The van der Waals surface area contributed by atoms with E-state index in [4.69, 9.17) is 9.57 Å². The van der Waals surface area contributed by atoms with E-state index in [2.05, 4.69) is 56.2 Å². The Hall–Kier alpha value is -4.04. The second kappa shape index (κ2) is 10.5. The molecule has 0 saturated carbocycles. The maximum absolute atomic E-state index is 11.4. The Kier molecular flexibility index (Phi) is 7.06. The lowest BCUT2D eigenvalue weighted by atomic mass is 9.77. The molecule has 1 aromatic heterocycles. The molecule has 33 heavy (non-hydrogen) atoms. The van der Waals surface area contributed by atoms with Crippen LogP contribution < -0.4 is 10.2 Å². The summed E-state index contributed by atoms with van der Waals surface area (Å²) >= 11 is 1.14. The van der Waals surface area contributed by atoms with Gasteiger partial charge in [-0.05, 0) is 23.6 Å². The summed E-state index contributed by atoms with van der Waals surface area (Å²) in [5.74, 6) is -0.595. The molecule has 1 N–H and O–H groups in total. The fourth-order valence-electron chi connectivity index (χ4n) is 3.54. The highest BCUT2D eigenvalue weighted by Gasteiger charge is 2.37. The zero-order valence-electron chi connectivity index (χ0n) is 17.9. The molecule has 0 fully saturated rings. The summed E-state index contributed by atoms with van der Waals surface area (Å²) in [5.41, 5.74) is 2.40. The Morgan fingerprint density at radius 3 is 1.94 bits per heavy atom. The van der Waals surface area contributed by atoms with Crippen LogP contribution in [0.5, 0.6) is 6.01 Å². The van der Waals surface area contributed by atoms with Crippen molar-refractivity contribution in [3.8, 4) is 6.01 Å².